The Hall–Kier alpha value is -0.660. The maximum Gasteiger partial charge on any atom is 0.311 e. The van der Waals surface area contributed by atoms with Crippen LogP contribution >= 0.6 is 46.4 Å². The minimum Gasteiger partial charge on any atom is -0.423 e. The fourth-order valence-electron chi connectivity index (χ4n) is 2.54. The Bertz CT molecular complexity index is 627. The molecule has 0 aromatic heterocycles. The molecule has 0 amide bonds. The fraction of sp³-hybridized carbons (Fsp3) is 0.579. The summed E-state index contributed by atoms with van der Waals surface area (Å²) in [5.74, 6) is -0.545. The molecule has 144 valence electrons. The summed E-state index contributed by atoms with van der Waals surface area (Å²) in [7, 11) is 0. The van der Waals surface area contributed by atoms with Gasteiger partial charge in [0.15, 0.2) is 5.75 Å². The van der Waals surface area contributed by atoms with Crippen LogP contribution in [0.15, 0.2) is 0 Å². The van der Waals surface area contributed by atoms with E-state index in [1.165, 1.54) is 38.5 Å². The van der Waals surface area contributed by atoms with Gasteiger partial charge in [-0.05, 0) is 6.42 Å². The first-order valence-corrected chi connectivity index (χ1v) is 10.4. The Labute approximate surface area is 175 Å². The van der Waals surface area contributed by atoms with Crippen LogP contribution in [0.4, 0.5) is 0 Å². The molecule has 0 saturated heterocycles. The van der Waals surface area contributed by atoms with Crippen molar-refractivity contribution in [2.75, 3.05) is 0 Å². The van der Waals surface area contributed by atoms with E-state index in [1.54, 1.807) is 0 Å². The van der Waals surface area contributed by atoms with Crippen molar-refractivity contribution in [3.63, 3.8) is 0 Å². The fourth-order valence-corrected chi connectivity index (χ4v) is 3.54. The zero-order valence-electron chi connectivity index (χ0n) is 14.8. The summed E-state index contributed by atoms with van der Waals surface area (Å²) in [6, 6.07) is 1.82. The van der Waals surface area contributed by atoms with Gasteiger partial charge in [-0.3, -0.25) is 4.79 Å². The van der Waals surface area contributed by atoms with Gasteiger partial charge in [-0.15, -0.1) is 0 Å². The average molecular weight is 439 g/mol. The number of unbranched alkanes of at least 4 members (excludes halogenated alkanes) is 8. The van der Waals surface area contributed by atoms with Gasteiger partial charge < -0.3 is 4.74 Å². The third-order valence-corrected chi connectivity index (χ3v) is 5.71. The highest BCUT2D eigenvalue weighted by Gasteiger charge is 2.23. The van der Waals surface area contributed by atoms with Crippen molar-refractivity contribution in [3.05, 3.63) is 25.7 Å². The quantitative estimate of drug-likeness (QED) is 0.152. The second-order valence-electron chi connectivity index (χ2n) is 6.12. The Morgan fingerprint density at radius 3 is 1.77 bits per heavy atom. The van der Waals surface area contributed by atoms with E-state index in [1.807, 2.05) is 6.07 Å². The Morgan fingerprint density at radius 1 is 0.846 bits per heavy atom. The smallest absolute Gasteiger partial charge is 0.311 e. The Balaban J connectivity index is 2.42. The lowest BCUT2D eigenvalue weighted by molar-refractivity contribution is -0.134. The third kappa shape index (κ3) is 7.16. The lowest BCUT2D eigenvalue weighted by Crippen LogP contribution is -2.09. The number of hydrogen-bond donors (Lipinski definition) is 0. The molecule has 0 bridgehead atoms. The highest BCUT2D eigenvalue weighted by molar-refractivity contribution is 6.50. The van der Waals surface area contributed by atoms with E-state index in [0.717, 1.165) is 19.3 Å². The normalized spacial score (nSPS) is 10.6. The summed E-state index contributed by atoms with van der Waals surface area (Å²) in [5.41, 5.74) is -0.0398. The van der Waals surface area contributed by atoms with Crippen LogP contribution in [0.2, 0.25) is 20.1 Å². The number of benzene rings is 1. The van der Waals surface area contributed by atoms with Gasteiger partial charge in [0.2, 0.25) is 0 Å². The van der Waals surface area contributed by atoms with Gasteiger partial charge in [0.1, 0.15) is 16.1 Å². The number of carbonyl (C=O) groups excluding carboxylic acids is 1. The molecule has 7 heteroatoms. The van der Waals surface area contributed by atoms with E-state index >= 15 is 0 Å². The van der Waals surface area contributed by atoms with E-state index in [-0.39, 0.29) is 37.8 Å². The van der Waals surface area contributed by atoms with Gasteiger partial charge in [-0.25, -0.2) is 0 Å². The van der Waals surface area contributed by atoms with E-state index in [4.69, 9.17) is 56.4 Å². The zero-order chi connectivity index (χ0) is 19.5. The summed E-state index contributed by atoms with van der Waals surface area (Å²) in [4.78, 5) is 12.0. The molecule has 0 unspecified atom stereocenters. The molecule has 0 fully saturated rings. The molecule has 0 atom stereocenters. The van der Waals surface area contributed by atoms with Crippen molar-refractivity contribution >= 4 is 52.4 Å². The van der Waals surface area contributed by atoms with E-state index in [9.17, 15) is 4.79 Å². The molecule has 0 saturated carbocycles. The van der Waals surface area contributed by atoms with Crippen LogP contribution in [0.25, 0.3) is 0 Å². The molecule has 26 heavy (non-hydrogen) atoms. The highest BCUT2D eigenvalue weighted by Crippen LogP contribution is 2.45. The maximum atomic E-state index is 12.0. The number of ether oxygens (including phenoxy) is 1. The Morgan fingerprint density at radius 2 is 1.31 bits per heavy atom. The van der Waals surface area contributed by atoms with Crippen molar-refractivity contribution in [1.29, 1.82) is 5.26 Å². The van der Waals surface area contributed by atoms with Gasteiger partial charge >= 0.3 is 5.97 Å². The van der Waals surface area contributed by atoms with Gasteiger partial charge in [-0.1, -0.05) is 105 Å². The van der Waals surface area contributed by atoms with Crippen molar-refractivity contribution in [1.82, 2.24) is 0 Å². The van der Waals surface area contributed by atoms with Crippen LogP contribution in [-0.2, 0) is 4.79 Å². The largest absolute Gasteiger partial charge is 0.423 e. The SMILES string of the molecule is CCCCCCCCCCCC(=O)Oc1c(Cl)c(Cl)c(C#N)c(Cl)c1Cl. The average Bonchev–Trinajstić information content (AvgIpc) is 2.63. The lowest BCUT2D eigenvalue weighted by Gasteiger charge is -2.12. The molecule has 0 aliphatic rings. The van der Waals surface area contributed by atoms with E-state index in [0.29, 0.717) is 0 Å². The predicted molar refractivity (Wildman–Crippen MR) is 109 cm³/mol. The number of hydrogen-bond acceptors (Lipinski definition) is 3. The summed E-state index contributed by atoms with van der Waals surface area (Å²) < 4.78 is 5.23. The number of nitriles is 1. The highest BCUT2D eigenvalue weighted by atomic mass is 35.5. The molecule has 1 aromatic rings. The molecule has 0 spiro atoms. The first-order valence-electron chi connectivity index (χ1n) is 8.90. The molecule has 1 rings (SSSR count). The first kappa shape index (κ1) is 23.4. The number of halogens is 4. The summed E-state index contributed by atoms with van der Waals surface area (Å²) in [6.07, 6.45) is 10.7. The van der Waals surface area contributed by atoms with Crippen molar-refractivity contribution in [3.8, 4) is 11.8 Å². The molecular weight excluding hydrogens is 416 g/mol. The molecule has 0 aliphatic heterocycles. The second kappa shape index (κ2) is 12.7. The van der Waals surface area contributed by atoms with Crippen LogP contribution in [0.5, 0.6) is 5.75 Å². The van der Waals surface area contributed by atoms with Crippen molar-refractivity contribution in [2.24, 2.45) is 0 Å². The first-order chi connectivity index (χ1) is 12.4. The second-order valence-corrected chi connectivity index (χ2v) is 7.64. The van der Waals surface area contributed by atoms with Gasteiger partial charge in [0, 0.05) is 6.42 Å². The minimum absolute atomic E-state index is 0.0398. The maximum absolute atomic E-state index is 12.0. The molecule has 0 heterocycles. The molecule has 0 aliphatic carbocycles. The summed E-state index contributed by atoms with van der Waals surface area (Å²) in [6.45, 7) is 2.21. The van der Waals surface area contributed by atoms with Gasteiger partial charge in [-0.2, -0.15) is 5.26 Å². The number of esters is 1. The molecule has 3 nitrogen and oxygen atoms in total. The monoisotopic (exact) mass is 437 g/mol. The molecular formula is C19H23Cl4NO2. The number of carbonyl (C=O) groups is 1. The van der Waals surface area contributed by atoms with Gasteiger partial charge in [0.05, 0.1) is 15.6 Å². The van der Waals surface area contributed by atoms with Crippen molar-refractivity contribution in [2.45, 2.75) is 71.1 Å². The standard InChI is InChI=1S/C19H23Cl4NO2/c1-2-3-4-5-6-7-8-9-10-11-14(25)26-19-17(22)15(20)13(12-24)16(21)18(19)23/h2-11H2,1H3. The topological polar surface area (TPSA) is 50.1 Å². The zero-order valence-corrected chi connectivity index (χ0v) is 17.9. The van der Waals surface area contributed by atoms with Crippen LogP contribution in [0.1, 0.15) is 76.7 Å². The minimum atomic E-state index is -0.450. The molecule has 0 N–H and O–H groups in total. The summed E-state index contributed by atoms with van der Waals surface area (Å²) >= 11 is 24.1. The van der Waals surface area contributed by atoms with E-state index in [2.05, 4.69) is 6.92 Å². The van der Waals surface area contributed by atoms with Crippen LogP contribution in [0.3, 0.4) is 0 Å². The lowest BCUT2D eigenvalue weighted by atomic mass is 10.1. The van der Waals surface area contributed by atoms with Crippen LogP contribution in [0, 0.1) is 11.3 Å². The van der Waals surface area contributed by atoms with Gasteiger partial charge in [0.25, 0.3) is 0 Å². The Kier molecular flexibility index (Phi) is 11.4. The van der Waals surface area contributed by atoms with Crippen LogP contribution < -0.4 is 4.74 Å². The molecule has 0 radical (unpaired) electrons. The molecule has 1 aromatic carbocycles. The third-order valence-electron chi connectivity index (χ3n) is 4.04. The van der Waals surface area contributed by atoms with E-state index < -0.39 is 5.97 Å². The van der Waals surface area contributed by atoms with Crippen molar-refractivity contribution < 1.29 is 9.53 Å². The number of rotatable bonds is 11. The number of nitrogens with zero attached hydrogens (tertiary/aromatic N) is 1. The van der Waals surface area contributed by atoms with Crippen LogP contribution in [-0.4, -0.2) is 5.97 Å². The summed E-state index contributed by atoms with van der Waals surface area (Å²) in [5, 5.41) is 8.70. The predicted octanol–water partition coefficient (Wildman–Crippen LogP) is 8.00.